The zero-order chi connectivity index (χ0) is 12.3. The summed E-state index contributed by atoms with van der Waals surface area (Å²) in [6, 6.07) is 0. The molecule has 17 heavy (non-hydrogen) atoms. The van der Waals surface area contributed by atoms with E-state index in [2.05, 4.69) is 18.7 Å². The zero-order valence-corrected chi connectivity index (χ0v) is 11.5. The van der Waals surface area contributed by atoms with Gasteiger partial charge in [0, 0.05) is 25.2 Å². The molecular formula is C14H28N2O. The van der Waals surface area contributed by atoms with Crippen molar-refractivity contribution in [1.29, 1.82) is 0 Å². The summed E-state index contributed by atoms with van der Waals surface area (Å²) in [5.74, 6) is 1.80. The highest BCUT2D eigenvalue weighted by atomic mass is 16.5. The topological polar surface area (TPSA) is 38.5 Å². The lowest BCUT2D eigenvalue weighted by molar-refractivity contribution is 0.0182. The summed E-state index contributed by atoms with van der Waals surface area (Å²) in [5.41, 5.74) is 6.45. The van der Waals surface area contributed by atoms with Crippen molar-refractivity contribution in [2.24, 2.45) is 17.6 Å². The van der Waals surface area contributed by atoms with Crippen molar-refractivity contribution >= 4 is 0 Å². The van der Waals surface area contributed by atoms with E-state index in [-0.39, 0.29) is 0 Å². The van der Waals surface area contributed by atoms with E-state index in [1.165, 1.54) is 25.7 Å². The smallest absolute Gasteiger partial charge is 0.0593 e. The summed E-state index contributed by atoms with van der Waals surface area (Å²) in [6.45, 7) is 8.97. The number of fused-ring (bicyclic) bond motifs is 2. The molecule has 0 aromatic carbocycles. The van der Waals surface area contributed by atoms with Crippen LogP contribution in [0.1, 0.15) is 39.5 Å². The van der Waals surface area contributed by atoms with Gasteiger partial charge in [-0.15, -0.1) is 0 Å². The Balaban J connectivity index is 2.00. The molecule has 3 nitrogen and oxygen atoms in total. The van der Waals surface area contributed by atoms with Gasteiger partial charge in [0.25, 0.3) is 0 Å². The summed E-state index contributed by atoms with van der Waals surface area (Å²) < 4.78 is 5.51. The number of ether oxygens (including phenoxy) is 1. The van der Waals surface area contributed by atoms with Crippen LogP contribution in [-0.2, 0) is 4.74 Å². The Hall–Kier alpha value is -0.120. The largest absolute Gasteiger partial charge is 0.380 e. The van der Waals surface area contributed by atoms with Crippen LogP contribution in [0.2, 0.25) is 0 Å². The Morgan fingerprint density at radius 2 is 2.18 bits per heavy atom. The van der Waals surface area contributed by atoms with Gasteiger partial charge in [0.1, 0.15) is 0 Å². The Morgan fingerprint density at radius 1 is 1.35 bits per heavy atom. The minimum Gasteiger partial charge on any atom is -0.380 e. The molecule has 100 valence electrons. The number of rotatable bonds is 7. The van der Waals surface area contributed by atoms with Crippen LogP contribution in [0.5, 0.6) is 0 Å². The van der Waals surface area contributed by atoms with Gasteiger partial charge in [0.05, 0.1) is 6.61 Å². The van der Waals surface area contributed by atoms with E-state index in [1.54, 1.807) is 0 Å². The lowest BCUT2D eigenvalue weighted by Crippen LogP contribution is -2.58. The van der Waals surface area contributed by atoms with Gasteiger partial charge < -0.3 is 10.5 Å². The van der Waals surface area contributed by atoms with Crippen molar-refractivity contribution in [1.82, 2.24) is 4.90 Å². The maximum Gasteiger partial charge on any atom is 0.0593 e. The molecule has 0 amide bonds. The molecule has 2 saturated carbocycles. The third-order valence-corrected chi connectivity index (χ3v) is 5.02. The third-order valence-electron chi connectivity index (χ3n) is 5.02. The van der Waals surface area contributed by atoms with Crippen molar-refractivity contribution in [3.05, 3.63) is 0 Å². The second-order valence-corrected chi connectivity index (χ2v) is 5.66. The van der Waals surface area contributed by atoms with Crippen LogP contribution in [0, 0.1) is 11.8 Å². The molecule has 0 aromatic heterocycles. The molecule has 2 aliphatic rings. The molecule has 3 unspecified atom stereocenters. The van der Waals surface area contributed by atoms with Gasteiger partial charge in [-0.25, -0.2) is 0 Å². The first-order valence-corrected chi connectivity index (χ1v) is 7.29. The molecule has 3 heteroatoms. The molecule has 2 fully saturated rings. The van der Waals surface area contributed by atoms with Crippen molar-refractivity contribution in [3.63, 3.8) is 0 Å². The summed E-state index contributed by atoms with van der Waals surface area (Å²) in [4.78, 5) is 2.60. The fraction of sp³-hybridized carbons (Fsp3) is 1.00. The summed E-state index contributed by atoms with van der Waals surface area (Å²) >= 11 is 0. The minimum absolute atomic E-state index is 0.300. The Morgan fingerprint density at radius 3 is 2.65 bits per heavy atom. The van der Waals surface area contributed by atoms with Crippen molar-refractivity contribution in [2.45, 2.75) is 45.1 Å². The van der Waals surface area contributed by atoms with Crippen molar-refractivity contribution in [3.8, 4) is 0 Å². The van der Waals surface area contributed by atoms with Crippen LogP contribution >= 0.6 is 0 Å². The highest BCUT2D eigenvalue weighted by Gasteiger charge is 2.52. The van der Waals surface area contributed by atoms with Gasteiger partial charge in [-0.2, -0.15) is 0 Å². The van der Waals surface area contributed by atoms with Crippen LogP contribution in [0.4, 0.5) is 0 Å². The molecule has 2 N–H and O–H groups in total. The lowest BCUT2D eigenvalue weighted by atomic mass is 9.79. The fourth-order valence-electron chi connectivity index (χ4n) is 4.20. The van der Waals surface area contributed by atoms with Crippen LogP contribution < -0.4 is 5.73 Å². The molecule has 0 saturated heterocycles. The van der Waals surface area contributed by atoms with Crippen LogP contribution in [0.3, 0.4) is 0 Å². The standard InChI is InChI=1S/C14H28N2O/c1-3-16(7-8-17-4-2)14(11-15)10-12-5-6-13(14)9-12/h12-13H,3-11,15H2,1-2H3. The van der Waals surface area contributed by atoms with E-state index in [4.69, 9.17) is 10.5 Å². The minimum atomic E-state index is 0.300. The second kappa shape index (κ2) is 5.68. The van der Waals surface area contributed by atoms with Crippen LogP contribution in [0.25, 0.3) is 0 Å². The number of nitrogens with two attached hydrogens (primary N) is 1. The number of nitrogens with zero attached hydrogens (tertiary/aromatic N) is 1. The van der Waals surface area contributed by atoms with E-state index in [0.717, 1.165) is 44.7 Å². The van der Waals surface area contributed by atoms with Crippen LogP contribution in [-0.4, -0.2) is 43.3 Å². The fourth-order valence-corrected chi connectivity index (χ4v) is 4.20. The molecule has 0 spiro atoms. The number of hydrogen-bond donors (Lipinski definition) is 1. The second-order valence-electron chi connectivity index (χ2n) is 5.66. The molecule has 0 aliphatic heterocycles. The van der Waals surface area contributed by atoms with Crippen molar-refractivity contribution in [2.75, 3.05) is 32.8 Å². The summed E-state index contributed by atoms with van der Waals surface area (Å²) in [5, 5.41) is 0. The number of hydrogen-bond acceptors (Lipinski definition) is 3. The van der Waals surface area contributed by atoms with E-state index in [9.17, 15) is 0 Å². The van der Waals surface area contributed by atoms with E-state index in [0.29, 0.717) is 5.54 Å². The zero-order valence-electron chi connectivity index (χ0n) is 11.5. The van der Waals surface area contributed by atoms with E-state index < -0.39 is 0 Å². The van der Waals surface area contributed by atoms with Gasteiger partial charge in [-0.3, -0.25) is 4.90 Å². The average molecular weight is 240 g/mol. The van der Waals surface area contributed by atoms with Crippen LogP contribution in [0.15, 0.2) is 0 Å². The molecule has 0 radical (unpaired) electrons. The average Bonchev–Trinajstić information content (AvgIpc) is 2.95. The lowest BCUT2D eigenvalue weighted by Gasteiger charge is -2.46. The van der Waals surface area contributed by atoms with Crippen molar-refractivity contribution < 1.29 is 4.74 Å². The van der Waals surface area contributed by atoms with E-state index in [1.807, 2.05) is 0 Å². The summed E-state index contributed by atoms with van der Waals surface area (Å²) in [7, 11) is 0. The monoisotopic (exact) mass is 240 g/mol. The molecule has 3 atom stereocenters. The van der Waals surface area contributed by atoms with E-state index >= 15 is 0 Å². The normalized spacial score (nSPS) is 36.0. The molecule has 2 rings (SSSR count). The summed E-state index contributed by atoms with van der Waals surface area (Å²) in [6.07, 6.45) is 5.58. The Bertz CT molecular complexity index is 246. The maximum absolute atomic E-state index is 6.15. The van der Waals surface area contributed by atoms with Gasteiger partial charge in [0.2, 0.25) is 0 Å². The third kappa shape index (κ3) is 2.38. The Kier molecular flexibility index (Phi) is 4.45. The maximum atomic E-state index is 6.15. The quantitative estimate of drug-likeness (QED) is 0.690. The molecule has 0 heterocycles. The highest BCUT2D eigenvalue weighted by Crippen LogP contribution is 2.52. The number of likely N-dealkylation sites (N-methyl/N-ethyl adjacent to an activating group) is 1. The first-order chi connectivity index (χ1) is 8.26. The van der Waals surface area contributed by atoms with Gasteiger partial charge in [0.15, 0.2) is 0 Å². The van der Waals surface area contributed by atoms with Gasteiger partial charge in [-0.05, 0) is 44.6 Å². The SMILES string of the molecule is CCOCCN(CC)C1(CN)CC2CCC1C2. The first-order valence-electron chi connectivity index (χ1n) is 7.29. The molecular weight excluding hydrogens is 212 g/mol. The highest BCUT2D eigenvalue weighted by molar-refractivity contribution is 5.08. The predicted molar refractivity (Wildman–Crippen MR) is 71.0 cm³/mol. The molecule has 2 bridgehead atoms. The molecule has 0 aromatic rings. The Labute approximate surface area is 106 Å². The van der Waals surface area contributed by atoms with Gasteiger partial charge >= 0.3 is 0 Å². The predicted octanol–water partition coefficient (Wildman–Crippen LogP) is 1.86. The van der Waals surface area contributed by atoms with Gasteiger partial charge in [-0.1, -0.05) is 13.3 Å². The first kappa shape index (κ1) is 13.3. The molecule has 2 aliphatic carbocycles.